The highest BCUT2D eigenvalue weighted by Gasteiger charge is 2.43. The van der Waals surface area contributed by atoms with E-state index in [0.717, 1.165) is 60.2 Å². The van der Waals surface area contributed by atoms with Crippen LogP contribution in [0, 0.1) is 12.8 Å². The van der Waals surface area contributed by atoms with E-state index in [1.54, 1.807) is 7.11 Å². The molecule has 2 aromatic rings. The lowest BCUT2D eigenvalue weighted by atomic mass is 9.72. The summed E-state index contributed by atoms with van der Waals surface area (Å²) in [4.78, 5) is 2.20. The maximum absolute atomic E-state index is 12.3. The Labute approximate surface area is 169 Å². The van der Waals surface area contributed by atoms with Gasteiger partial charge >= 0.3 is 0 Å². The van der Waals surface area contributed by atoms with E-state index in [-0.39, 0.29) is 5.92 Å². The predicted molar refractivity (Wildman–Crippen MR) is 117 cm³/mol. The highest BCUT2D eigenvalue weighted by molar-refractivity contribution is 5.59. The Balaban J connectivity index is 2.16. The van der Waals surface area contributed by atoms with Crippen molar-refractivity contribution in [1.29, 1.82) is 0 Å². The van der Waals surface area contributed by atoms with Gasteiger partial charge in [0.1, 0.15) is 11.4 Å². The summed E-state index contributed by atoms with van der Waals surface area (Å²) in [6.45, 7) is 2.97. The third-order valence-corrected chi connectivity index (χ3v) is 5.90. The number of aliphatic hydroxyl groups is 1. The number of hydrogen-bond acceptors (Lipinski definition) is 3. The third-order valence-electron chi connectivity index (χ3n) is 5.90. The van der Waals surface area contributed by atoms with Crippen molar-refractivity contribution in [2.75, 3.05) is 27.7 Å². The van der Waals surface area contributed by atoms with Gasteiger partial charge in [-0.15, -0.1) is 0 Å². The Morgan fingerprint density at radius 3 is 2.64 bits per heavy atom. The minimum Gasteiger partial charge on any atom is -0.497 e. The summed E-state index contributed by atoms with van der Waals surface area (Å²) in [6.07, 6.45) is 6.36. The van der Waals surface area contributed by atoms with Crippen molar-refractivity contribution >= 4 is 6.08 Å². The molecule has 2 unspecified atom stereocenters. The van der Waals surface area contributed by atoms with Gasteiger partial charge in [-0.3, -0.25) is 0 Å². The molecule has 0 spiro atoms. The first kappa shape index (κ1) is 20.6. The molecule has 1 saturated carbocycles. The lowest BCUT2D eigenvalue weighted by Gasteiger charge is -2.40. The fourth-order valence-corrected chi connectivity index (χ4v) is 4.54. The van der Waals surface area contributed by atoms with Crippen molar-refractivity contribution in [2.45, 2.75) is 38.2 Å². The minimum atomic E-state index is -0.963. The van der Waals surface area contributed by atoms with Gasteiger partial charge in [0, 0.05) is 12.5 Å². The maximum atomic E-state index is 12.3. The van der Waals surface area contributed by atoms with Crippen LogP contribution in [-0.4, -0.2) is 37.8 Å². The van der Waals surface area contributed by atoms with Gasteiger partial charge in [0.05, 0.1) is 7.11 Å². The summed E-state index contributed by atoms with van der Waals surface area (Å²) in [6, 6.07) is 16.4. The van der Waals surface area contributed by atoms with Crippen molar-refractivity contribution < 1.29 is 9.84 Å². The Morgan fingerprint density at radius 1 is 1.14 bits per heavy atom. The van der Waals surface area contributed by atoms with E-state index in [2.05, 4.69) is 50.2 Å². The molecule has 1 N–H and O–H groups in total. The number of rotatable bonds is 5. The zero-order valence-corrected chi connectivity index (χ0v) is 17.6. The summed E-state index contributed by atoms with van der Waals surface area (Å²) < 4.78 is 5.40. The van der Waals surface area contributed by atoms with Gasteiger partial charge in [0.25, 0.3) is 0 Å². The summed E-state index contributed by atoms with van der Waals surface area (Å²) >= 11 is 0. The van der Waals surface area contributed by atoms with Crippen molar-refractivity contribution in [3.63, 3.8) is 0 Å². The first-order valence-corrected chi connectivity index (χ1v) is 10.2. The van der Waals surface area contributed by atoms with Gasteiger partial charge in [-0.2, -0.15) is 0 Å². The topological polar surface area (TPSA) is 32.7 Å². The molecule has 0 radical (unpaired) electrons. The van der Waals surface area contributed by atoms with Crippen LogP contribution in [0.5, 0.6) is 5.75 Å². The monoisotopic (exact) mass is 379 g/mol. The zero-order chi connectivity index (χ0) is 20.1. The molecule has 150 valence electrons. The van der Waals surface area contributed by atoms with Crippen LogP contribution in [0.3, 0.4) is 0 Å². The van der Waals surface area contributed by atoms with Gasteiger partial charge in [0.15, 0.2) is 0 Å². The summed E-state index contributed by atoms with van der Waals surface area (Å²) in [5.74, 6) is 0.996. The van der Waals surface area contributed by atoms with E-state index in [0.29, 0.717) is 0 Å². The number of hydrogen-bond donors (Lipinski definition) is 1. The number of methoxy groups -OCH3 is 1. The van der Waals surface area contributed by atoms with E-state index in [1.807, 2.05) is 30.3 Å². The number of ether oxygens (including phenoxy) is 1. The molecule has 0 amide bonds. The Bertz CT molecular complexity index is 827. The van der Waals surface area contributed by atoms with E-state index in [4.69, 9.17) is 4.74 Å². The van der Waals surface area contributed by atoms with Crippen LogP contribution in [0.25, 0.3) is 6.08 Å². The van der Waals surface area contributed by atoms with Crippen LogP contribution in [0.1, 0.15) is 42.4 Å². The fourth-order valence-electron chi connectivity index (χ4n) is 4.54. The molecule has 1 aliphatic rings. The van der Waals surface area contributed by atoms with E-state index in [9.17, 15) is 5.11 Å². The van der Waals surface area contributed by atoms with Crippen LogP contribution < -0.4 is 4.74 Å². The average Bonchev–Trinajstić information content (AvgIpc) is 2.82. The predicted octanol–water partition coefficient (Wildman–Crippen LogP) is 5.03. The molecular formula is C25H33NO2. The maximum Gasteiger partial charge on any atom is 0.119 e. The summed E-state index contributed by atoms with van der Waals surface area (Å²) in [5.41, 5.74) is 3.41. The first-order chi connectivity index (χ1) is 13.4. The molecule has 0 heterocycles. The molecule has 28 heavy (non-hydrogen) atoms. The smallest absolute Gasteiger partial charge is 0.119 e. The number of nitrogens with zero attached hydrogens (tertiary/aromatic N) is 1. The zero-order valence-electron chi connectivity index (χ0n) is 17.6. The molecule has 0 aromatic heterocycles. The third kappa shape index (κ3) is 4.31. The Hall–Kier alpha value is -2.10. The van der Waals surface area contributed by atoms with Crippen LogP contribution in [-0.2, 0) is 5.60 Å². The Kier molecular flexibility index (Phi) is 6.58. The molecule has 2 atom stereocenters. The van der Waals surface area contributed by atoms with Gasteiger partial charge in [0.2, 0.25) is 0 Å². The SMILES string of the molecule is COc1cccc(/C=C2\CCCCC(CN(C)C)C2(O)c2ccccc2C)c1. The first-order valence-electron chi connectivity index (χ1n) is 10.2. The molecule has 0 saturated heterocycles. The van der Waals surface area contributed by atoms with Gasteiger partial charge in [-0.1, -0.05) is 48.9 Å². The quantitative estimate of drug-likeness (QED) is 0.740. The lowest BCUT2D eigenvalue weighted by Crippen LogP contribution is -2.42. The van der Waals surface area contributed by atoms with Crippen molar-refractivity contribution in [3.8, 4) is 5.75 Å². The molecule has 2 aromatic carbocycles. The standard InChI is InChI=1S/C25H33NO2/c1-19-10-5-8-15-24(19)25(27)21(12-6-7-13-22(25)18-26(2)3)16-20-11-9-14-23(17-20)28-4/h5,8-11,14-17,22,27H,6-7,12-13,18H2,1-4H3/b21-16+. The van der Waals surface area contributed by atoms with E-state index in [1.165, 1.54) is 0 Å². The number of benzene rings is 2. The van der Waals surface area contributed by atoms with Crippen LogP contribution in [0.4, 0.5) is 0 Å². The van der Waals surface area contributed by atoms with Crippen LogP contribution in [0.2, 0.25) is 0 Å². The van der Waals surface area contributed by atoms with Gasteiger partial charge < -0.3 is 14.7 Å². The molecule has 1 fully saturated rings. The average molecular weight is 380 g/mol. The van der Waals surface area contributed by atoms with Gasteiger partial charge in [-0.05, 0) is 74.7 Å². The normalized spacial score (nSPS) is 24.4. The molecule has 3 nitrogen and oxygen atoms in total. The minimum absolute atomic E-state index is 0.156. The van der Waals surface area contributed by atoms with E-state index >= 15 is 0 Å². The largest absolute Gasteiger partial charge is 0.497 e. The second kappa shape index (κ2) is 8.93. The highest BCUT2D eigenvalue weighted by atomic mass is 16.5. The molecule has 0 bridgehead atoms. The molecular weight excluding hydrogens is 346 g/mol. The van der Waals surface area contributed by atoms with Crippen molar-refractivity contribution in [2.24, 2.45) is 5.92 Å². The van der Waals surface area contributed by atoms with Crippen molar-refractivity contribution in [3.05, 3.63) is 70.8 Å². The second-order valence-corrected chi connectivity index (χ2v) is 8.23. The molecule has 3 rings (SSSR count). The molecule has 1 aliphatic carbocycles. The van der Waals surface area contributed by atoms with Crippen molar-refractivity contribution in [1.82, 2.24) is 4.90 Å². The van der Waals surface area contributed by atoms with Crippen LogP contribution >= 0.6 is 0 Å². The lowest BCUT2D eigenvalue weighted by molar-refractivity contribution is -0.0000275. The highest BCUT2D eigenvalue weighted by Crippen LogP contribution is 2.46. The molecule has 0 aliphatic heterocycles. The summed E-state index contributed by atoms with van der Waals surface area (Å²) in [7, 11) is 5.87. The number of aryl methyl sites for hydroxylation is 1. The van der Waals surface area contributed by atoms with Gasteiger partial charge in [-0.25, -0.2) is 0 Å². The fraction of sp³-hybridized carbons (Fsp3) is 0.440. The van der Waals surface area contributed by atoms with E-state index < -0.39 is 5.60 Å². The van der Waals surface area contributed by atoms with Crippen LogP contribution in [0.15, 0.2) is 54.1 Å². The summed E-state index contributed by atoms with van der Waals surface area (Å²) in [5, 5.41) is 12.3. The Morgan fingerprint density at radius 2 is 1.93 bits per heavy atom. The second-order valence-electron chi connectivity index (χ2n) is 8.23. The molecule has 3 heteroatoms.